The van der Waals surface area contributed by atoms with Gasteiger partial charge in [-0.05, 0) is 57.4 Å². The van der Waals surface area contributed by atoms with Crippen molar-refractivity contribution >= 4 is 22.0 Å². The molecule has 0 aromatic heterocycles. The molecule has 0 saturated heterocycles. The van der Waals surface area contributed by atoms with Crippen LogP contribution in [0.5, 0.6) is 5.75 Å². The topological polar surface area (TPSA) is 93.2 Å². The average molecular weight is 487 g/mol. The normalized spacial score (nSPS) is 18.3. The van der Waals surface area contributed by atoms with Gasteiger partial charge in [0.1, 0.15) is 22.4 Å². The molecule has 8 nitrogen and oxygen atoms in total. The Balaban J connectivity index is 1.36. The fourth-order valence-corrected chi connectivity index (χ4v) is 5.80. The van der Waals surface area contributed by atoms with E-state index in [1.54, 1.807) is 17.0 Å². The molecule has 4 rings (SSSR count). The molecule has 2 aromatic rings. The average Bonchev–Trinajstić information content (AvgIpc) is 3.26. The number of ether oxygens (including phenoxy) is 2. The van der Waals surface area contributed by atoms with Gasteiger partial charge < -0.3 is 14.4 Å². The molecule has 0 radical (unpaired) electrons. The van der Waals surface area contributed by atoms with Gasteiger partial charge in [-0.1, -0.05) is 30.3 Å². The van der Waals surface area contributed by atoms with Gasteiger partial charge in [0.15, 0.2) is 0 Å². The summed E-state index contributed by atoms with van der Waals surface area (Å²) in [6, 6.07) is 14.0. The van der Waals surface area contributed by atoms with E-state index in [0.29, 0.717) is 32.4 Å². The molecule has 2 aliphatic heterocycles. The summed E-state index contributed by atoms with van der Waals surface area (Å²) in [4.78, 5) is 27.1. The number of benzene rings is 2. The number of fused-ring (bicyclic) bond motifs is 2. The zero-order valence-corrected chi connectivity index (χ0v) is 20.5. The molecule has 0 aliphatic carbocycles. The van der Waals surface area contributed by atoms with E-state index >= 15 is 0 Å². The molecule has 0 saturated carbocycles. The van der Waals surface area contributed by atoms with Crippen molar-refractivity contribution in [2.75, 3.05) is 19.6 Å². The van der Waals surface area contributed by atoms with Gasteiger partial charge in [-0.15, -0.1) is 0 Å². The molecule has 2 heterocycles. The van der Waals surface area contributed by atoms with Gasteiger partial charge >= 0.3 is 6.09 Å². The highest BCUT2D eigenvalue weighted by Crippen LogP contribution is 2.31. The number of para-hydroxylation sites is 1. The van der Waals surface area contributed by atoms with Crippen molar-refractivity contribution in [1.82, 2.24) is 9.21 Å². The largest absolute Gasteiger partial charge is 0.488 e. The first-order valence-corrected chi connectivity index (χ1v) is 12.9. The number of carbonyl (C=O) groups is 2. The third kappa shape index (κ3) is 5.04. The lowest BCUT2D eigenvalue weighted by Gasteiger charge is -2.29. The minimum absolute atomic E-state index is 0.0494. The van der Waals surface area contributed by atoms with Crippen molar-refractivity contribution in [1.29, 1.82) is 0 Å². The smallest absolute Gasteiger partial charge is 0.410 e. The van der Waals surface area contributed by atoms with Gasteiger partial charge in [0.25, 0.3) is 15.9 Å². The van der Waals surface area contributed by atoms with E-state index in [0.717, 1.165) is 15.6 Å². The van der Waals surface area contributed by atoms with E-state index in [1.165, 1.54) is 12.1 Å². The quantitative estimate of drug-likeness (QED) is 0.552. The van der Waals surface area contributed by atoms with Crippen molar-refractivity contribution in [2.45, 2.75) is 56.6 Å². The van der Waals surface area contributed by atoms with Crippen LogP contribution in [0.3, 0.4) is 0 Å². The summed E-state index contributed by atoms with van der Waals surface area (Å²) in [6.45, 7) is 6.21. The monoisotopic (exact) mass is 486 g/mol. The summed E-state index contributed by atoms with van der Waals surface area (Å²) in [5.41, 5.74) is 0.668. The molecule has 2 aromatic carbocycles. The minimum atomic E-state index is -3.83. The Morgan fingerprint density at radius 1 is 1.12 bits per heavy atom. The van der Waals surface area contributed by atoms with Gasteiger partial charge in [0, 0.05) is 19.5 Å². The summed E-state index contributed by atoms with van der Waals surface area (Å²) in [5.74, 6) is 0.325. The summed E-state index contributed by atoms with van der Waals surface area (Å²) >= 11 is 0. The number of hydrogen-bond acceptors (Lipinski definition) is 6. The fourth-order valence-electron chi connectivity index (χ4n) is 4.20. The standard InChI is InChI=1S/C25H30N2O6S/c1-25(2,3)33-24(29)26(17-19-16-18-10-4-6-12-21(18)32-19)14-8-9-15-27-23(28)20-11-5-7-13-22(20)34(27,30)31/h4-7,10-13,19H,8-9,14-17H2,1-3H3. The van der Waals surface area contributed by atoms with Crippen LogP contribution in [0.4, 0.5) is 4.79 Å². The number of rotatable bonds is 7. The first-order chi connectivity index (χ1) is 16.1. The zero-order chi connectivity index (χ0) is 24.5. The minimum Gasteiger partial charge on any atom is -0.488 e. The van der Waals surface area contributed by atoms with Gasteiger partial charge in [-0.2, -0.15) is 0 Å². The zero-order valence-electron chi connectivity index (χ0n) is 19.7. The maximum Gasteiger partial charge on any atom is 0.410 e. The molecule has 2 aliphatic rings. The van der Waals surface area contributed by atoms with Gasteiger partial charge in [-0.3, -0.25) is 4.79 Å². The number of unbranched alkanes of at least 4 members (excludes halogenated alkanes) is 1. The van der Waals surface area contributed by atoms with Crippen molar-refractivity contribution in [3.8, 4) is 5.75 Å². The lowest BCUT2D eigenvalue weighted by Crippen LogP contribution is -2.43. The van der Waals surface area contributed by atoms with Crippen LogP contribution in [0.15, 0.2) is 53.4 Å². The van der Waals surface area contributed by atoms with Crippen LogP contribution in [0.2, 0.25) is 0 Å². The van der Waals surface area contributed by atoms with Gasteiger partial charge in [-0.25, -0.2) is 17.5 Å². The van der Waals surface area contributed by atoms with Crippen LogP contribution in [0.1, 0.15) is 49.5 Å². The number of carbonyl (C=O) groups excluding carboxylic acids is 2. The Bertz CT molecular complexity index is 1160. The van der Waals surface area contributed by atoms with E-state index in [4.69, 9.17) is 9.47 Å². The Kier molecular flexibility index (Phi) is 6.58. The van der Waals surface area contributed by atoms with E-state index in [1.807, 2.05) is 45.0 Å². The maximum atomic E-state index is 12.9. The lowest BCUT2D eigenvalue weighted by molar-refractivity contribution is 0.0178. The highest BCUT2D eigenvalue weighted by atomic mass is 32.2. The predicted molar refractivity (Wildman–Crippen MR) is 126 cm³/mol. The van der Waals surface area contributed by atoms with Crippen LogP contribution in [-0.4, -0.2) is 61.0 Å². The number of sulfonamides is 1. The highest BCUT2D eigenvalue weighted by molar-refractivity contribution is 7.90. The molecule has 9 heteroatoms. The third-order valence-corrected chi connectivity index (χ3v) is 7.58. The van der Waals surface area contributed by atoms with Gasteiger partial charge in [0.2, 0.25) is 0 Å². The summed E-state index contributed by atoms with van der Waals surface area (Å²) in [6.07, 6.45) is 1.01. The third-order valence-electron chi connectivity index (χ3n) is 5.74. The number of nitrogens with zero attached hydrogens (tertiary/aromatic N) is 2. The fraction of sp³-hybridized carbons (Fsp3) is 0.440. The van der Waals surface area contributed by atoms with Crippen LogP contribution in [0.25, 0.3) is 0 Å². The SMILES string of the molecule is CC(C)(C)OC(=O)N(CCCCN1C(=O)c2ccccc2S1(=O)=O)CC1Cc2ccccc2O1. The van der Waals surface area contributed by atoms with Crippen LogP contribution >= 0.6 is 0 Å². The Morgan fingerprint density at radius 3 is 2.53 bits per heavy atom. The van der Waals surface area contributed by atoms with Crippen molar-refractivity contribution in [2.24, 2.45) is 0 Å². The van der Waals surface area contributed by atoms with Crippen molar-refractivity contribution < 1.29 is 27.5 Å². The summed E-state index contributed by atoms with van der Waals surface area (Å²) in [5, 5.41) is 0. The summed E-state index contributed by atoms with van der Waals surface area (Å²) in [7, 11) is -3.83. The van der Waals surface area contributed by atoms with Crippen LogP contribution in [0, 0.1) is 0 Å². The maximum absolute atomic E-state index is 12.9. The van der Waals surface area contributed by atoms with E-state index in [9.17, 15) is 18.0 Å². The molecule has 1 unspecified atom stereocenters. The predicted octanol–water partition coefficient (Wildman–Crippen LogP) is 3.85. The molecule has 2 amide bonds. The highest BCUT2D eigenvalue weighted by Gasteiger charge is 2.40. The molecular weight excluding hydrogens is 456 g/mol. The van der Waals surface area contributed by atoms with E-state index in [-0.39, 0.29) is 23.1 Å². The summed E-state index contributed by atoms with van der Waals surface area (Å²) < 4.78 is 38.0. The molecule has 0 N–H and O–H groups in total. The molecule has 1 atom stereocenters. The molecular formula is C25H30N2O6S. The second-order valence-corrected chi connectivity index (χ2v) is 11.4. The first kappa shape index (κ1) is 24.1. The van der Waals surface area contributed by atoms with E-state index < -0.39 is 27.6 Å². The number of amides is 2. The second kappa shape index (κ2) is 9.29. The van der Waals surface area contributed by atoms with Crippen molar-refractivity contribution in [3.05, 3.63) is 59.7 Å². The molecule has 0 bridgehead atoms. The molecule has 0 fully saturated rings. The van der Waals surface area contributed by atoms with E-state index in [2.05, 4.69) is 0 Å². The molecule has 34 heavy (non-hydrogen) atoms. The van der Waals surface area contributed by atoms with Crippen LogP contribution in [-0.2, 0) is 21.2 Å². The number of hydrogen-bond donors (Lipinski definition) is 0. The second-order valence-electron chi connectivity index (χ2n) is 9.56. The van der Waals surface area contributed by atoms with Gasteiger partial charge in [0.05, 0.1) is 12.1 Å². The van der Waals surface area contributed by atoms with Crippen LogP contribution < -0.4 is 4.74 Å². The molecule has 0 spiro atoms. The molecule has 182 valence electrons. The first-order valence-electron chi connectivity index (χ1n) is 11.4. The lowest BCUT2D eigenvalue weighted by atomic mass is 10.1. The Morgan fingerprint density at radius 2 is 1.82 bits per heavy atom. The Hall–Kier alpha value is -3.07. The van der Waals surface area contributed by atoms with Crippen molar-refractivity contribution in [3.63, 3.8) is 0 Å². The Labute approximate surface area is 200 Å².